The summed E-state index contributed by atoms with van der Waals surface area (Å²) in [4.78, 5) is 0. The fourth-order valence-corrected chi connectivity index (χ4v) is 3.32. The van der Waals surface area contributed by atoms with Crippen LogP contribution in [0.2, 0.25) is 0 Å². The number of hydrogen-bond acceptors (Lipinski definition) is 4. The van der Waals surface area contributed by atoms with Crippen LogP contribution in [0.3, 0.4) is 0 Å². The van der Waals surface area contributed by atoms with Crippen molar-refractivity contribution in [2.45, 2.75) is 26.3 Å². The second-order valence-electron chi connectivity index (χ2n) is 4.56. The first-order valence-electron chi connectivity index (χ1n) is 6.41. The third-order valence-corrected chi connectivity index (χ3v) is 4.55. The minimum absolute atomic E-state index is 0.141. The van der Waals surface area contributed by atoms with Crippen LogP contribution < -0.4 is 14.2 Å². The van der Waals surface area contributed by atoms with E-state index in [1.54, 1.807) is 0 Å². The molecule has 19 heavy (non-hydrogen) atoms. The minimum Gasteiger partial charge on any atom is -0.486 e. The quantitative estimate of drug-likeness (QED) is 0.896. The molecule has 0 amide bonds. The summed E-state index contributed by atoms with van der Waals surface area (Å²) in [5.74, 6) is 1.52. The van der Waals surface area contributed by atoms with Crippen molar-refractivity contribution in [3.8, 4) is 11.5 Å². The SMILES string of the molecule is CCCS(=O)(=O)NC(C)c1ccc2c(c1)OCCO2. The number of ether oxygens (including phenoxy) is 2. The van der Waals surface area contributed by atoms with Crippen molar-refractivity contribution < 1.29 is 17.9 Å². The third kappa shape index (κ3) is 3.61. The van der Waals surface area contributed by atoms with Crippen molar-refractivity contribution in [3.63, 3.8) is 0 Å². The van der Waals surface area contributed by atoms with Gasteiger partial charge in [0.1, 0.15) is 13.2 Å². The molecule has 0 spiro atoms. The Kier molecular flexibility index (Phi) is 4.31. The summed E-state index contributed by atoms with van der Waals surface area (Å²) in [5, 5.41) is 0. The topological polar surface area (TPSA) is 64.6 Å². The zero-order chi connectivity index (χ0) is 13.9. The van der Waals surface area contributed by atoms with Crippen LogP contribution in [0.15, 0.2) is 18.2 Å². The zero-order valence-electron chi connectivity index (χ0n) is 11.2. The molecular formula is C13H19NO4S. The van der Waals surface area contributed by atoms with Gasteiger partial charge in [-0.15, -0.1) is 0 Å². The molecule has 1 unspecified atom stereocenters. The van der Waals surface area contributed by atoms with E-state index in [9.17, 15) is 8.42 Å². The standard InChI is InChI=1S/C13H19NO4S/c1-3-8-19(15,16)14-10(2)11-4-5-12-13(9-11)18-7-6-17-12/h4-5,9-10,14H,3,6-8H2,1-2H3. The molecule has 0 saturated carbocycles. The summed E-state index contributed by atoms with van der Waals surface area (Å²) in [6.45, 7) is 4.73. The van der Waals surface area contributed by atoms with Crippen molar-refractivity contribution in [2.75, 3.05) is 19.0 Å². The molecule has 2 rings (SSSR count). The normalized spacial score (nSPS) is 16.1. The van der Waals surface area contributed by atoms with Crippen LogP contribution in [0.5, 0.6) is 11.5 Å². The number of hydrogen-bond donors (Lipinski definition) is 1. The average molecular weight is 285 g/mol. The number of benzene rings is 1. The maximum atomic E-state index is 11.7. The highest BCUT2D eigenvalue weighted by atomic mass is 32.2. The molecule has 106 valence electrons. The van der Waals surface area contributed by atoms with Gasteiger partial charge in [0.15, 0.2) is 11.5 Å². The van der Waals surface area contributed by atoms with Gasteiger partial charge in [0.05, 0.1) is 5.75 Å². The monoisotopic (exact) mass is 285 g/mol. The lowest BCUT2D eigenvalue weighted by molar-refractivity contribution is 0.171. The Hall–Kier alpha value is -1.27. The van der Waals surface area contributed by atoms with E-state index in [2.05, 4.69) is 4.72 Å². The van der Waals surface area contributed by atoms with Gasteiger partial charge in [-0.1, -0.05) is 13.0 Å². The molecule has 0 aromatic heterocycles. The smallest absolute Gasteiger partial charge is 0.212 e. The molecule has 1 atom stereocenters. The molecule has 1 aromatic rings. The van der Waals surface area contributed by atoms with Gasteiger partial charge in [-0.05, 0) is 31.0 Å². The Balaban J connectivity index is 2.13. The Labute approximate surface area is 114 Å². The van der Waals surface area contributed by atoms with Crippen molar-refractivity contribution in [1.29, 1.82) is 0 Å². The first-order valence-corrected chi connectivity index (χ1v) is 8.06. The number of sulfonamides is 1. The summed E-state index contributed by atoms with van der Waals surface area (Å²) in [7, 11) is -3.22. The summed E-state index contributed by atoms with van der Waals surface area (Å²) in [6, 6.07) is 5.21. The molecule has 0 saturated heterocycles. The van der Waals surface area contributed by atoms with E-state index in [0.717, 1.165) is 5.56 Å². The molecule has 0 bridgehead atoms. The molecule has 0 fully saturated rings. The van der Waals surface area contributed by atoms with Crippen LogP contribution in [0.25, 0.3) is 0 Å². The van der Waals surface area contributed by atoms with E-state index in [-0.39, 0.29) is 11.8 Å². The fourth-order valence-electron chi connectivity index (χ4n) is 1.99. The fraction of sp³-hybridized carbons (Fsp3) is 0.538. The van der Waals surface area contributed by atoms with Gasteiger partial charge in [0.25, 0.3) is 0 Å². The highest BCUT2D eigenvalue weighted by Gasteiger charge is 2.18. The van der Waals surface area contributed by atoms with Gasteiger partial charge >= 0.3 is 0 Å². The summed E-state index contributed by atoms with van der Waals surface area (Å²) in [5.41, 5.74) is 0.865. The molecule has 0 radical (unpaired) electrons. The van der Waals surface area contributed by atoms with Crippen LogP contribution in [0.1, 0.15) is 31.9 Å². The van der Waals surface area contributed by atoms with Crippen LogP contribution in [-0.4, -0.2) is 27.4 Å². The van der Waals surface area contributed by atoms with Crippen molar-refractivity contribution >= 4 is 10.0 Å². The van der Waals surface area contributed by atoms with Crippen LogP contribution in [0.4, 0.5) is 0 Å². The van der Waals surface area contributed by atoms with Gasteiger partial charge in [-0.2, -0.15) is 0 Å². The van der Waals surface area contributed by atoms with Crippen molar-refractivity contribution in [3.05, 3.63) is 23.8 Å². The van der Waals surface area contributed by atoms with E-state index in [1.165, 1.54) is 0 Å². The van der Waals surface area contributed by atoms with Crippen LogP contribution in [-0.2, 0) is 10.0 Å². The van der Waals surface area contributed by atoms with Gasteiger partial charge in [0, 0.05) is 6.04 Å². The van der Waals surface area contributed by atoms with Gasteiger partial charge in [-0.25, -0.2) is 13.1 Å². The zero-order valence-corrected chi connectivity index (χ0v) is 12.0. The molecule has 1 aliphatic rings. The average Bonchev–Trinajstić information content (AvgIpc) is 2.37. The van der Waals surface area contributed by atoms with Crippen molar-refractivity contribution in [1.82, 2.24) is 4.72 Å². The van der Waals surface area contributed by atoms with E-state index in [0.29, 0.717) is 31.1 Å². The predicted octanol–water partition coefficient (Wildman–Crippen LogP) is 1.85. The largest absolute Gasteiger partial charge is 0.486 e. The second kappa shape index (κ2) is 5.79. The second-order valence-corrected chi connectivity index (χ2v) is 6.43. The van der Waals surface area contributed by atoms with Gasteiger partial charge < -0.3 is 9.47 Å². The summed E-state index contributed by atoms with van der Waals surface area (Å²) >= 11 is 0. The summed E-state index contributed by atoms with van der Waals surface area (Å²) in [6.07, 6.45) is 0.600. The first-order chi connectivity index (χ1) is 9.02. The maximum Gasteiger partial charge on any atom is 0.212 e. The van der Waals surface area contributed by atoms with Crippen LogP contribution >= 0.6 is 0 Å². The first kappa shape index (κ1) is 14.1. The highest BCUT2D eigenvalue weighted by Crippen LogP contribution is 2.32. The molecule has 1 N–H and O–H groups in total. The maximum absolute atomic E-state index is 11.7. The van der Waals surface area contributed by atoms with E-state index < -0.39 is 10.0 Å². The Bertz CT molecular complexity index is 542. The number of nitrogens with one attached hydrogen (secondary N) is 1. The molecule has 5 nitrogen and oxygen atoms in total. The number of fused-ring (bicyclic) bond motifs is 1. The molecular weight excluding hydrogens is 266 g/mol. The van der Waals surface area contributed by atoms with E-state index in [4.69, 9.17) is 9.47 Å². The Morgan fingerprint density at radius 2 is 1.95 bits per heavy atom. The van der Waals surface area contributed by atoms with Crippen LogP contribution in [0, 0.1) is 0 Å². The van der Waals surface area contributed by atoms with Gasteiger partial charge in [-0.3, -0.25) is 0 Å². The number of rotatable bonds is 5. The third-order valence-electron chi connectivity index (χ3n) is 2.90. The van der Waals surface area contributed by atoms with E-state index >= 15 is 0 Å². The van der Waals surface area contributed by atoms with E-state index in [1.807, 2.05) is 32.0 Å². The lowest BCUT2D eigenvalue weighted by Gasteiger charge is -2.21. The molecule has 0 aliphatic carbocycles. The van der Waals surface area contributed by atoms with Gasteiger partial charge in [0.2, 0.25) is 10.0 Å². The molecule has 1 aliphatic heterocycles. The minimum atomic E-state index is -3.22. The Morgan fingerprint density at radius 3 is 2.63 bits per heavy atom. The lowest BCUT2D eigenvalue weighted by Crippen LogP contribution is -2.29. The summed E-state index contributed by atoms with van der Waals surface area (Å²) < 4.78 is 37.1. The predicted molar refractivity (Wildman–Crippen MR) is 73.1 cm³/mol. The molecule has 1 heterocycles. The molecule has 6 heteroatoms. The molecule has 1 aromatic carbocycles. The van der Waals surface area contributed by atoms with Crippen molar-refractivity contribution in [2.24, 2.45) is 0 Å². The highest BCUT2D eigenvalue weighted by molar-refractivity contribution is 7.89. The lowest BCUT2D eigenvalue weighted by atomic mass is 10.1. The Morgan fingerprint density at radius 1 is 1.26 bits per heavy atom.